The van der Waals surface area contributed by atoms with Gasteiger partial charge in [0.1, 0.15) is 29.6 Å². The topological polar surface area (TPSA) is 322 Å². The second-order valence-electron chi connectivity index (χ2n) is 29.0. The van der Waals surface area contributed by atoms with E-state index in [1.165, 1.54) is 91.5 Å². The first-order valence-corrected chi connectivity index (χ1v) is 40.7. The minimum atomic E-state index is -0.138. The van der Waals surface area contributed by atoms with Crippen LogP contribution in [0, 0.1) is 25.7 Å². The van der Waals surface area contributed by atoms with Gasteiger partial charge in [-0.05, 0) is 250 Å². The summed E-state index contributed by atoms with van der Waals surface area (Å²) in [5.74, 6) is 2.37. The predicted octanol–water partition coefficient (Wildman–Crippen LogP) is 20.9. The molecule has 24 nitrogen and oxygen atoms in total. The van der Waals surface area contributed by atoms with E-state index in [-0.39, 0.29) is 34.6 Å². The standard InChI is InChI=1S/C19H27N3O.C12H16N2O2.2C12H14N2O.2C12H15NO2.C9H11NO2.C8H17N/c1-4-5-15-17(20-2)9-7-16-18(21-23-19(15)16)8-6-14-10-12-22(3)13-11-14;1-4-5-10-11(13-3)7-6-9(12(10)15)8(2)14-16;2*1-4-5-10-11(13-3)7-6-9-8(2)14-15-12(9)10;1-4-7-15-12-8-10(13-3)5-6-11(12)9(2)14;1-4-5-10-11(13-3)7-6-9(8(2)14)12(10)15;1-6(11)8-4-3-7(10-2)5-9(8)12;1-3-8-4-6-9(2)7-5-8/h4-5,7,9,14,20H,6,8,10-13H2,1-3H3;4,6-7,13,15-16H,1,5H2,2-3H3;4-7,13H,1-3H3;4,6-7,13H,1,5H2,2-3H3;4-6,8,13H,1,7H2,2-3H3;4,6-7,13,15H,1,5H2,2-3H3;3-5,10,12H,1-2H3;8H,3-7H2,1-2H3/b;14-8+;;;;;;. The summed E-state index contributed by atoms with van der Waals surface area (Å²) in [6.07, 6.45) is 26.0. The Bertz CT molecular complexity index is 5090. The lowest BCUT2D eigenvalue weighted by molar-refractivity contribution is 0.100. The van der Waals surface area contributed by atoms with Gasteiger partial charge in [-0.25, -0.2) is 0 Å². The summed E-state index contributed by atoms with van der Waals surface area (Å²) >= 11 is 0. The van der Waals surface area contributed by atoms with Crippen LogP contribution >= 0.6 is 0 Å². The van der Waals surface area contributed by atoms with Crippen LogP contribution in [0.25, 0.3) is 45.1 Å². The lowest BCUT2D eigenvalue weighted by atomic mass is 9.91. The van der Waals surface area contributed by atoms with Gasteiger partial charge in [-0.15, -0.1) is 19.7 Å². The number of fused-ring (bicyclic) bond motifs is 3. The van der Waals surface area contributed by atoms with E-state index in [9.17, 15) is 29.7 Å². The van der Waals surface area contributed by atoms with Crippen molar-refractivity contribution in [3.8, 4) is 23.0 Å². The van der Waals surface area contributed by atoms with Crippen LogP contribution in [0.4, 0.5) is 39.8 Å². The average Bonchev–Trinajstić information content (AvgIpc) is 1.66. The average molecular weight is 1640 g/mol. The lowest BCUT2D eigenvalue weighted by Crippen LogP contribution is -2.30. The maximum absolute atomic E-state index is 11.3. The lowest BCUT2D eigenvalue weighted by Gasteiger charge is -2.28. The fourth-order valence-corrected chi connectivity index (χ4v) is 13.7. The van der Waals surface area contributed by atoms with Crippen molar-refractivity contribution in [1.29, 1.82) is 0 Å². The molecule has 11 N–H and O–H groups in total. The van der Waals surface area contributed by atoms with Crippen molar-refractivity contribution in [2.45, 2.75) is 127 Å². The van der Waals surface area contributed by atoms with E-state index < -0.39 is 0 Å². The van der Waals surface area contributed by atoms with Gasteiger partial charge in [0, 0.05) is 151 Å². The number of allylic oxidation sites excluding steroid dienone is 5. The zero-order valence-electron chi connectivity index (χ0n) is 73.8. The summed E-state index contributed by atoms with van der Waals surface area (Å²) < 4.78 is 21.8. The van der Waals surface area contributed by atoms with Crippen molar-refractivity contribution in [3.05, 3.63) is 227 Å². The summed E-state index contributed by atoms with van der Waals surface area (Å²) in [6, 6.07) is 29.6. The molecule has 2 aliphatic heterocycles. The number of ether oxygens (including phenoxy) is 1. The van der Waals surface area contributed by atoms with Crippen LogP contribution < -0.4 is 42.0 Å². The van der Waals surface area contributed by atoms with Crippen LogP contribution in [0.15, 0.2) is 179 Å². The SMILES string of the molecule is C=CCOc1cc(NC)ccc1C(C)=O.C=CCc1c(NC)ccc(/C(C)=N/O)c1O.C=CCc1c(NC)ccc(C(C)=O)c1O.C=CCc1c(NC)ccc2c(C)noc12.CC=Cc1c(NC)ccc2c(C)noc12.CC=Cc1c(NC)ccc2c(CCC3CCN(C)CC3)noc12.CCC1CCN(C)CC1.CNc1ccc(C(C)=O)c(O)c1. The van der Waals surface area contributed by atoms with Gasteiger partial charge in [-0.1, -0.05) is 89.2 Å². The predicted molar refractivity (Wildman–Crippen MR) is 499 cm³/mol. The molecule has 0 radical (unpaired) electrons. The molecule has 0 amide bonds. The van der Waals surface area contributed by atoms with Gasteiger partial charge >= 0.3 is 0 Å². The Kier molecular flexibility index (Phi) is 41.8. The summed E-state index contributed by atoms with van der Waals surface area (Å²) in [4.78, 5) is 38.2. The van der Waals surface area contributed by atoms with Crippen molar-refractivity contribution < 1.29 is 53.2 Å². The Morgan fingerprint density at radius 1 is 0.500 bits per heavy atom. The minimum absolute atomic E-state index is 0.00304. The van der Waals surface area contributed by atoms with Crippen molar-refractivity contribution in [1.82, 2.24) is 25.3 Å². The number of nitrogens with zero attached hydrogens (tertiary/aromatic N) is 6. The van der Waals surface area contributed by atoms with Gasteiger partial charge in [-0.3, -0.25) is 14.4 Å². The van der Waals surface area contributed by atoms with Gasteiger partial charge in [0.25, 0.3) is 0 Å². The summed E-state index contributed by atoms with van der Waals surface area (Å²) in [5, 5.41) is 78.0. The number of rotatable bonds is 26. The molecule has 0 atom stereocenters. The summed E-state index contributed by atoms with van der Waals surface area (Å²) in [6.45, 7) is 36.3. The monoisotopic (exact) mass is 1640 g/mol. The highest BCUT2D eigenvalue weighted by molar-refractivity contribution is 6.02. The third kappa shape index (κ3) is 27.9. The number of aryl methyl sites for hydroxylation is 3. The van der Waals surface area contributed by atoms with Crippen molar-refractivity contribution in [2.75, 3.05) is 133 Å². The Balaban J connectivity index is 0.000000247. The highest BCUT2D eigenvalue weighted by Gasteiger charge is 2.22. The molecule has 120 heavy (non-hydrogen) atoms. The van der Waals surface area contributed by atoms with Crippen LogP contribution in [0.5, 0.6) is 23.0 Å². The van der Waals surface area contributed by atoms with E-state index >= 15 is 0 Å². The van der Waals surface area contributed by atoms with E-state index in [0.29, 0.717) is 58.7 Å². The van der Waals surface area contributed by atoms with Gasteiger partial charge in [0.05, 0.1) is 39.5 Å². The molecule has 0 bridgehead atoms. The number of hydrogen-bond donors (Lipinski definition) is 11. The van der Waals surface area contributed by atoms with Gasteiger partial charge < -0.3 is 85.9 Å². The molecule has 644 valence electrons. The molecule has 7 aromatic carbocycles. The number of piperidine rings is 2. The van der Waals surface area contributed by atoms with Crippen LogP contribution in [-0.2, 0) is 25.7 Å². The number of Topliss-reactive ketones (excluding diaryl/α,β-unsaturated/α-hetero) is 3. The number of phenolic OH excluding ortho intramolecular Hbond substituents is 3. The van der Waals surface area contributed by atoms with E-state index in [1.54, 1.807) is 88.8 Å². The first-order chi connectivity index (χ1) is 57.7. The van der Waals surface area contributed by atoms with E-state index in [2.05, 4.69) is 133 Å². The second kappa shape index (κ2) is 51.0. The first kappa shape index (κ1) is 98.2. The third-order valence-corrected chi connectivity index (χ3v) is 20.8. The molecule has 24 heteroatoms. The molecule has 12 rings (SSSR count). The van der Waals surface area contributed by atoms with Crippen molar-refractivity contribution >= 4 is 108 Å². The number of likely N-dealkylation sites (tertiary alicyclic amines) is 2. The number of oxime groups is 1. The third-order valence-electron chi connectivity index (χ3n) is 20.8. The summed E-state index contributed by atoms with van der Waals surface area (Å²) in [7, 11) is 17.3. The number of aromatic nitrogens is 3. The zero-order chi connectivity index (χ0) is 88.5. The number of carbonyl (C=O) groups is 3. The number of benzene rings is 7. The Morgan fingerprint density at radius 3 is 1.35 bits per heavy atom. The molecule has 3 aromatic heterocycles. The number of anilines is 7. The maximum Gasteiger partial charge on any atom is 0.176 e. The van der Waals surface area contributed by atoms with E-state index in [4.69, 9.17) is 23.5 Å². The second-order valence-corrected chi connectivity index (χ2v) is 29.0. The molecule has 2 fully saturated rings. The van der Waals surface area contributed by atoms with Crippen LogP contribution in [-0.4, -0.2) is 165 Å². The molecule has 5 heterocycles. The fourth-order valence-electron chi connectivity index (χ4n) is 13.7. The van der Waals surface area contributed by atoms with Crippen LogP contribution in [0.2, 0.25) is 0 Å². The fraction of sp³-hybridized carbons (Fsp3) is 0.365. The number of nitrogens with one attached hydrogen (secondary N) is 7. The van der Waals surface area contributed by atoms with Gasteiger partial charge in [0.2, 0.25) is 0 Å². The first-order valence-electron chi connectivity index (χ1n) is 40.7. The molecule has 0 saturated carbocycles. The number of ketones is 3. The maximum atomic E-state index is 11.3. The van der Waals surface area contributed by atoms with E-state index in [0.717, 1.165) is 137 Å². The van der Waals surface area contributed by atoms with E-state index in [1.807, 2.05) is 117 Å². The minimum Gasteiger partial charge on any atom is -0.507 e. The van der Waals surface area contributed by atoms with Gasteiger partial charge in [-0.2, -0.15) is 0 Å². The Hall–Kier alpha value is -12.4. The van der Waals surface area contributed by atoms with Crippen molar-refractivity contribution in [3.63, 3.8) is 0 Å². The molecule has 10 aromatic rings. The van der Waals surface area contributed by atoms with Crippen LogP contribution in [0.1, 0.15) is 169 Å². The number of aromatic hydroxyl groups is 3. The molecule has 0 spiro atoms. The Morgan fingerprint density at radius 2 is 0.900 bits per heavy atom. The van der Waals surface area contributed by atoms with Crippen LogP contribution in [0.3, 0.4) is 0 Å². The zero-order valence-corrected chi connectivity index (χ0v) is 73.8. The number of carbonyl (C=O) groups excluding carboxylic acids is 3. The molecule has 0 unspecified atom stereocenters. The summed E-state index contributed by atoms with van der Waals surface area (Å²) in [5.41, 5.74) is 19.0. The molecular formula is C96H129N13O11. The molecule has 2 saturated heterocycles. The molecule has 0 aliphatic carbocycles. The quantitative estimate of drug-likeness (QED) is 0.00789. The Labute approximate surface area is 709 Å². The highest BCUT2D eigenvalue weighted by Crippen LogP contribution is 2.36. The number of phenols is 3. The number of hydrogen-bond acceptors (Lipinski definition) is 24. The molecular weight excluding hydrogens is 1510 g/mol. The van der Waals surface area contributed by atoms with Crippen molar-refractivity contribution in [2.24, 2.45) is 17.0 Å². The van der Waals surface area contributed by atoms with Gasteiger partial charge in [0.15, 0.2) is 34.1 Å². The normalized spacial score (nSPS) is 12.8. The highest BCUT2D eigenvalue weighted by atomic mass is 16.5. The largest absolute Gasteiger partial charge is 0.507 e. The smallest absolute Gasteiger partial charge is 0.176 e. The molecule has 2 aliphatic rings.